The lowest BCUT2D eigenvalue weighted by Crippen LogP contribution is -2.40. The Morgan fingerprint density at radius 2 is 1.90 bits per heavy atom. The molecule has 118 valence electrons. The van der Waals surface area contributed by atoms with Crippen LogP contribution in [0.4, 0.5) is 0 Å². The monoisotopic (exact) mass is 314 g/mol. The lowest BCUT2D eigenvalue weighted by atomic mass is 9.84. The van der Waals surface area contributed by atoms with E-state index < -0.39 is 0 Å². The van der Waals surface area contributed by atoms with Crippen LogP contribution in [0, 0.1) is 0 Å². The van der Waals surface area contributed by atoms with Crippen molar-refractivity contribution in [2.75, 3.05) is 33.4 Å². The SMILES string of the molecule is CNCC(=O)NCC(C)(C)c1ccc2c(c1)OCCO2.Cl. The van der Waals surface area contributed by atoms with Crippen molar-refractivity contribution in [1.29, 1.82) is 0 Å². The van der Waals surface area contributed by atoms with Crippen molar-refractivity contribution in [3.63, 3.8) is 0 Å². The molecule has 1 amide bonds. The van der Waals surface area contributed by atoms with Crippen molar-refractivity contribution >= 4 is 18.3 Å². The van der Waals surface area contributed by atoms with Crippen molar-refractivity contribution in [3.05, 3.63) is 23.8 Å². The van der Waals surface area contributed by atoms with Gasteiger partial charge in [0.1, 0.15) is 13.2 Å². The fourth-order valence-corrected chi connectivity index (χ4v) is 2.11. The van der Waals surface area contributed by atoms with Crippen LogP contribution in [-0.4, -0.2) is 39.3 Å². The Kier molecular flexibility index (Phi) is 6.30. The number of hydrogen-bond acceptors (Lipinski definition) is 4. The molecule has 2 rings (SSSR count). The quantitative estimate of drug-likeness (QED) is 0.864. The molecule has 6 heteroatoms. The lowest BCUT2D eigenvalue weighted by Gasteiger charge is -2.27. The third-order valence-electron chi connectivity index (χ3n) is 3.39. The maximum Gasteiger partial charge on any atom is 0.233 e. The first-order chi connectivity index (χ1) is 9.53. The molecule has 0 aromatic heterocycles. The number of amides is 1. The normalized spacial score (nSPS) is 13.3. The van der Waals surface area contributed by atoms with Crippen molar-refractivity contribution in [1.82, 2.24) is 10.6 Å². The van der Waals surface area contributed by atoms with Crippen LogP contribution in [0.3, 0.4) is 0 Å². The first-order valence-corrected chi connectivity index (χ1v) is 6.84. The van der Waals surface area contributed by atoms with Crippen LogP contribution in [0.2, 0.25) is 0 Å². The van der Waals surface area contributed by atoms with E-state index in [1.54, 1.807) is 7.05 Å². The van der Waals surface area contributed by atoms with Gasteiger partial charge >= 0.3 is 0 Å². The molecule has 1 heterocycles. The number of halogens is 1. The van der Waals surface area contributed by atoms with E-state index in [4.69, 9.17) is 9.47 Å². The van der Waals surface area contributed by atoms with Crippen LogP contribution in [0.5, 0.6) is 11.5 Å². The number of carbonyl (C=O) groups excluding carboxylic acids is 1. The minimum atomic E-state index is -0.167. The van der Waals surface area contributed by atoms with E-state index in [0.29, 0.717) is 26.3 Å². The minimum absolute atomic E-state index is 0. The predicted octanol–water partition coefficient (Wildman–Crippen LogP) is 1.49. The van der Waals surface area contributed by atoms with Crippen molar-refractivity contribution < 1.29 is 14.3 Å². The first-order valence-electron chi connectivity index (χ1n) is 6.84. The molecule has 0 atom stereocenters. The lowest BCUT2D eigenvalue weighted by molar-refractivity contribution is -0.120. The molecule has 0 saturated carbocycles. The number of nitrogens with one attached hydrogen (secondary N) is 2. The second kappa shape index (κ2) is 7.52. The van der Waals surface area contributed by atoms with E-state index >= 15 is 0 Å². The van der Waals surface area contributed by atoms with Gasteiger partial charge in [-0.25, -0.2) is 0 Å². The van der Waals surface area contributed by atoms with Gasteiger partial charge in [-0.05, 0) is 24.7 Å². The largest absolute Gasteiger partial charge is 0.486 e. The Balaban J connectivity index is 0.00000220. The molecule has 1 aliphatic rings. The zero-order valence-corrected chi connectivity index (χ0v) is 13.5. The molecule has 0 spiro atoms. The molecule has 0 fully saturated rings. The van der Waals surface area contributed by atoms with Gasteiger partial charge in [0.2, 0.25) is 5.91 Å². The number of hydrogen-bond donors (Lipinski definition) is 2. The molecule has 21 heavy (non-hydrogen) atoms. The molecule has 0 radical (unpaired) electrons. The summed E-state index contributed by atoms with van der Waals surface area (Å²) in [5.74, 6) is 1.57. The zero-order chi connectivity index (χ0) is 14.6. The van der Waals surface area contributed by atoms with E-state index in [9.17, 15) is 4.79 Å². The Morgan fingerprint density at radius 3 is 2.57 bits per heavy atom. The Labute approximate surface area is 131 Å². The van der Waals surface area contributed by atoms with Gasteiger partial charge in [0, 0.05) is 12.0 Å². The van der Waals surface area contributed by atoms with Gasteiger partial charge < -0.3 is 20.1 Å². The Bertz CT molecular complexity index is 492. The highest BCUT2D eigenvalue weighted by Crippen LogP contribution is 2.34. The molecule has 1 aromatic rings. The number of ether oxygens (including phenoxy) is 2. The molecule has 0 aliphatic carbocycles. The summed E-state index contributed by atoms with van der Waals surface area (Å²) in [6, 6.07) is 5.96. The molecule has 1 aromatic carbocycles. The number of rotatable bonds is 5. The average Bonchev–Trinajstić information content (AvgIpc) is 2.45. The highest BCUT2D eigenvalue weighted by molar-refractivity contribution is 5.85. The molecule has 0 bridgehead atoms. The summed E-state index contributed by atoms with van der Waals surface area (Å²) in [5.41, 5.74) is 0.950. The third-order valence-corrected chi connectivity index (χ3v) is 3.39. The first kappa shape index (κ1) is 17.6. The minimum Gasteiger partial charge on any atom is -0.486 e. The number of carbonyl (C=O) groups is 1. The van der Waals surface area contributed by atoms with Crippen LogP contribution in [0.1, 0.15) is 19.4 Å². The van der Waals surface area contributed by atoms with Gasteiger partial charge in [-0.3, -0.25) is 4.79 Å². The zero-order valence-electron chi connectivity index (χ0n) is 12.7. The van der Waals surface area contributed by atoms with Crippen molar-refractivity contribution in [2.45, 2.75) is 19.3 Å². The number of benzene rings is 1. The summed E-state index contributed by atoms with van der Waals surface area (Å²) >= 11 is 0. The van der Waals surface area contributed by atoms with E-state index in [-0.39, 0.29) is 23.7 Å². The molecule has 0 unspecified atom stereocenters. The summed E-state index contributed by atoms with van der Waals surface area (Å²) in [7, 11) is 1.76. The van der Waals surface area contributed by atoms with Crippen molar-refractivity contribution in [2.24, 2.45) is 0 Å². The van der Waals surface area contributed by atoms with Gasteiger partial charge in [-0.2, -0.15) is 0 Å². The maximum absolute atomic E-state index is 11.5. The van der Waals surface area contributed by atoms with Gasteiger partial charge in [0.15, 0.2) is 11.5 Å². The van der Waals surface area contributed by atoms with Crippen LogP contribution in [0.15, 0.2) is 18.2 Å². The van der Waals surface area contributed by atoms with Crippen LogP contribution in [0.25, 0.3) is 0 Å². The van der Waals surface area contributed by atoms with Crippen LogP contribution < -0.4 is 20.1 Å². The number of likely N-dealkylation sites (N-methyl/N-ethyl adjacent to an activating group) is 1. The maximum atomic E-state index is 11.5. The summed E-state index contributed by atoms with van der Waals surface area (Å²) in [6.07, 6.45) is 0. The molecule has 5 nitrogen and oxygen atoms in total. The molecule has 2 N–H and O–H groups in total. The fourth-order valence-electron chi connectivity index (χ4n) is 2.11. The van der Waals surface area contributed by atoms with E-state index in [0.717, 1.165) is 17.1 Å². The predicted molar refractivity (Wildman–Crippen MR) is 84.6 cm³/mol. The Morgan fingerprint density at radius 1 is 1.24 bits per heavy atom. The summed E-state index contributed by atoms with van der Waals surface area (Å²) < 4.78 is 11.1. The smallest absolute Gasteiger partial charge is 0.233 e. The summed E-state index contributed by atoms with van der Waals surface area (Å²) in [6.45, 7) is 6.27. The molecular formula is C15H23ClN2O3. The van der Waals surface area contributed by atoms with E-state index in [1.165, 1.54) is 0 Å². The summed E-state index contributed by atoms with van der Waals surface area (Å²) in [4.78, 5) is 11.5. The van der Waals surface area contributed by atoms with Gasteiger partial charge in [-0.15, -0.1) is 12.4 Å². The van der Waals surface area contributed by atoms with Gasteiger partial charge in [0.25, 0.3) is 0 Å². The van der Waals surface area contributed by atoms with Gasteiger partial charge in [0.05, 0.1) is 6.54 Å². The van der Waals surface area contributed by atoms with Crippen LogP contribution >= 0.6 is 12.4 Å². The molecule has 0 saturated heterocycles. The average molecular weight is 315 g/mol. The second-order valence-corrected chi connectivity index (χ2v) is 5.55. The van der Waals surface area contributed by atoms with E-state index in [1.807, 2.05) is 18.2 Å². The van der Waals surface area contributed by atoms with E-state index in [2.05, 4.69) is 24.5 Å². The molecule has 1 aliphatic heterocycles. The topological polar surface area (TPSA) is 59.6 Å². The highest BCUT2D eigenvalue weighted by atomic mass is 35.5. The van der Waals surface area contributed by atoms with Crippen molar-refractivity contribution in [3.8, 4) is 11.5 Å². The van der Waals surface area contributed by atoms with Crippen LogP contribution in [-0.2, 0) is 10.2 Å². The molecular weight excluding hydrogens is 292 g/mol. The summed E-state index contributed by atoms with van der Waals surface area (Å²) in [5, 5.41) is 5.76. The standard InChI is InChI=1S/C15H22N2O3.ClH/c1-15(2,10-17-14(18)9-16-3)11-4-5-12-13(8-11)20-7-6-19-12;/h4-5,8,16H,6-7,9-10H2,1-3H3,(H,17,18);1H. The third kappa shape index (κ3) is 4.51. The second-order valence-electron chi connectivity index (χ2n) is 5.55. The Hall–Kier alpha value is -1.46. The van der Waals surface area contributed by atoms with Gasteiger partial charge in [-0.1, -0.05) is 19.9 Å². The highest BCUT2D eigenvalue weighted by Gasteiger charge is 2.24. The fraction of sp³-hybridized carbons (Fsp3) is 0.533. The number of fused-ring (bicyclic) bond motifs is 1.